The van der Waals surface area contributed by atoms with Crippen LogP contribution in [-0.2, 0) is 16.2 Å². The number of benzene rings is 10. The van der Waals surface area contributed by atoms with E-state index in [0.717, 1.165) is 44.3 Å². The second-order valence-corrected chi connectivity index (χ2v) is 23.8. The molecule has 0 N–H and O–H groups in total. The molecule has 0 fully saturated rings. The number of aromatic nitrogens is 4. The summed E-state index contributed by atoms with van der Waals surface area (Å²) in [5.41, 5.74) is 3.69. The first-order valence-corrected chi connectivity index (χ1v) is 27.5. The highest BCUT2D eigenvalue weighted by Gasteiger charge is 2.26. The van der Waals surface area contributed by atoms with Crippen molar-refractivity contribution in [1.82, 2.24) is 14.1 Å². The Labute approximate surface area is 513 Å². The summed E-state index contributed by atoms with van der Waals surface area (Å²) < 4.78 is 177. The number of pyridine rings is 1. The molecule has 5 heteroatoms. The minimum absolute atomic E-state index is 0.0541. The summed E-state index contributed by atoms with van der Waals surface area (Å²) in [6.07, 6.45) is 5.43. The number of ether oxygens (including phenoxy) is 1. The fourth-order valence-corrected chi connectivity index (χ4v) is 10.6. The molecule has 0 aliphatic rings. The van der Waals surface area contributed by atoms with Gasteiger partial charge in [0.1, 0.15) is 17.3 Å². The maximum atomic E-state index is 10.4. The van der Waals surface area contributed by atoms with Crippen LogP contribution in [0.3, 0.4) is 0 Å². The summed E-state index contributed by atoms with van der Waals surface area (Å²) in [5, 5.41) is 1.99. The largest absolute Gasteiger partial charge is 0.458 e. The van der Waals surface area contributed by atoms with Crippen molar-refractivity contribution in [3.8, 4) is 84.3 Å². The van der Waals surface area contributed by atoms with Crippen molar-refractivity contribution in [3.63, 3.8) is 0 Å². The first-order chi connectivity index (χ1) is 47.5. The first kappa shape index (κ1) is 36.0. The summed E-state index contributed by atoms with van der Waals surface area (Å²) in [5.74, 6) is 1.59. The Morgan fingerprint density at radius 2 is 1.00 bits per heavy atom. The van der Waals surface area contributed by atoms with Gasteiger partial charge in [0, 0.05) is 23.0 Å². The SMILES string of the molecule is [2H]c1c([2H])c([2H])c(-c2ccc3c(c2)n(-c2cccc(Oc4ccc5c6ccccc6n(-c6cc(C(C)(C)C)ccn6)c5c4)c2)[c-][n+]3-c2c(-c3cc(C(C)(C)C)cc(C(C)(C)C)c3)cccc2-c2c([2H])c(-c3c([2H])c([2H])c([2H])c([2H])c3[2H])c([2H])c(-c3c([2H])c([2H])c([2H])c([2H])c3[2H])c2[2H])c([2H])c1[2H]. The van der Waals surface area contributed by atoms with E-state index < -0.39 is 142 Å². The molecule has 13 aromatic rings. The van der Waals surface area contributed by atoms with Crippen LogP contribution in [0.25, 0.3) is 106 Å². The van der Waals surface area contributed by atoms with Crippen LogP contribution in [0.15, 0.2) is 248 Å². The van der Waals surface area contributed by atoms with Crippen LogP contribution >= 0.6 is 0 Å². The maximum absolute atomic E-state index is 10.4. The minimum Gasteiger partial charge on any atom is -0.458 e. The van der Waals surface area contributed by atoms with E-state index in [9.17, 15) is 12.3 Å². The number of nitrogens with zero attached hydrogens (tertiary/aromatic N) is 4. The van der Waals surface area contributed by atoms with Crippen LogP contribution < -0.4 is 9.30 Å². The lowest BCUT2D eigenvalue weighted by molar-refractivity contribution is -0.571. The van der Waals surface area contributed by atoms with E-state index >= 15 is 0 Å². The fraction of sp³-hybridized carbons (Fsp3) is 0.154. The molecule has 406 valence electrons. The van der Waals surface area contributed by atoms with Crippen molar-refractivity contribution in [2.24, 2.45) is 0 Å². The molecule has 3 aromatic heterocycles. The fourth-order valence-electron chi connectivity index (χ4n) is 10.6. The van der Waals surface area contributed by atoms with Crippen LogP contribution in [-0.4, -0.2) is 14.1 Å². The Hall–Kier alpha value is -9.58. The van der Waals surface area contributed by atoms with Crippen molar-refractivity contribution >= 4 is 32.8 Å². The van der Waals surface area contributed by atoms with Gasteiger partial charge in [-0.2, -0.15) is 0 Å². The second kappa shape index (κ2) is 20.8. The lowest BCUT2D eigenvalue weighted by Gasteiger charge is -2.27. The van der Waals surface area contributed by atoms with Crippen LogP contribution in [0.5, 0.6) is 11.5 Å². The van der Waals surface area contributed by atoms with Crippen molar-refractivity contribution in [2.45, 2.75) is 78.6 Å². The Morgan fingerprint density at radius 1 is 0.434 bits per heavy atom. The highest BCUT2D eigenvalue weighted by molar-refractivity contribution is 6.09. The van der Waals surface area contributed by atoms with Gasteiger partial charge in [0.05, 0.1) is 58.1 Å². The molecule has 0 aliphatic heterocycles. The van der Waals surface area contributed by atoms with Crippen LogP contribution in [0.1, 0.15) is 104 Å². The summed E-state index contributed by atoms with van der Waals surface area (Å²) in [4.78, 5) is 4.87. The van der Waals surface area contributed by atoms with Gasteiger partial charge >= 0.3 is 0 Å². The van der Waals surface area contributed by atoms with E-state index in [-0.39, 0.29) is 33.4 Å². The smallest absolute Gasteiger partial charge is 0.269 e. The highest BCUT2D eigenvalue weighted by atomic mass is 16.5. The molecule has 3 heterocycles. The molecule has 0 atom stereocenters. The quantitative estimate of drug-likeness (QED) is 0.101. The topological polar surface area (TPSA) is 35.9 Å². The predicted molar refractivity (Wildman–Crippen MR) is 346 cm³/mol. The number of hydrogen-bond acceptors (Lipinski definition) is 2. The molecule has 0 radical (unpaired) electrons. The van der Waals surface area contributed by atoms with E-state index in [0.29, 0.717) is 39.3 Å². The van der Waals surface area contributed by atoms with Gasteiger partial charge in [0.25, 0.3) is 6.33 Å². The molecule has 0 unspecified atom stereocenters. The Kier molecular flexibility index (Phi) is 9.00. The molecule has 0 amide bonds. The van der Waals surface area contributed by atoms with E-state index in [1.807, 2.05) is 66.9 Å². The van der Waals surface area contributed by atoms with Crippen molar-refractivity contribution in [1.29, 1.82) is 0 Å². The van der Waals surface area contributed by atoms with E-state index in [4.69, 9.17) is 22.1 Å². The van der Waals surface area contributed by atoms with Gasteiger partial charge in [0.2, 0.25) is 0 Å². The Balaban J connectivity index is 1.14. The molecular formula is C78H68N4O. The van der Waals surface area contributed by atoms with Crippen molar-refractivity contribution in [3.05, 3.63) is 271 Å². The average molecular weight is 1100 g/mol. The van der Waals surface area contributed by atoms with E-state index in [1.54, 1.807) is 57.7 Å². The monoisotopic (exact) mass is 1090 g/mol. The lowest BCUT2D eigenvalue weighted by atomic mass is 9.78. The third-order valence-electron chi connectivity index (χ3n) is 15.0. The number of hydrogen-bond donors (Lipinski definition) is 0. The Bertz CT molecular complexity index is 5480. The third-order valence-corrected chi connectivity index (χ3v) is 15.0. The van der Waals surface area contributed by atoms with Gasteiger partial charge in [-0.3, -0.25) is 13.7 Å². The van der Waals surface area contributed by atoms with Crippen molar-refractivity contribution < 1.29 is 34.0 Å². The zero-order valence-corrected chi connectivity index (χ0v) is 47.5. The maximum Gasteiger partial charge on any atom is 0.269 e. The number of para-hydroxylation sites is 2. The molecular weight excluding hydrogens is 1010 g/mol. The summed E-state index contributed by atoms with van der Waals surface area (Å²) in [7, 11) is 0. The molecule has 0 aliphatic carbocycles. The predicted octanol–water partition coefficient (Wildman–Crippen LogP) is 20.2. The van der Waals surface area contributed by atoms with E-state index in [1.165, 1.54) is 0 Å². The molecule has 13 rings (SSSR count). The van der Waals surface area contributed by atoms with Gasteiger partial charge in [-0.25, -0.2) is 4.98 Å². The van der Waals surface area contributed by atoms with Crippen LogP contribution in [0.4, 0.5) is 0 Å². The van der Waals surface area contributed by atoms with Gasteiger partial charge < -0.3 is 4.74 Å². The third kappa shape index (κ3) is 10.2. The number of imidazole rings is 1. The molecule has 0 bridgehead atoms. The first-order valence-electron chi connectivity index (χ1n) is 36.5. The molecule has 0 saturated heterocycles. The zero-order valence-electron chi connectivity index (χ0n) is 65.5. The lowest BCUT2D eigenvalue weighted by Crippen LogP contribution is -2.31. The van der Waals surface area contributed by atoms with Crippen LogP contribution in [0, 0.1) is 6.33 Å². The van der Waals surface area contributed by atoms with Crippen molar-refractivity contribution in [2.75, 3.05) is 0 Å². The summed E-state index contributed by atoms with van der Waals surface area (Å²) in [6.45, 7) is 19.0. The summed E-state index contributed by atoms with van der Waals surface area (Å²) in [6, 6.07) is 29.0. The standard InChI is InChI=1S/C78H68N4O/c1-76(2,3)60-39-40-79-74(48-60)82-70-34-20-19-31-68(70)69-37-36-65(50-72(69)82)83-64-30-21-29-63(49-64)80-51-81(71-38-35-55(46-73(71)80)52-23-13-10-14-24-52)75-66(32-22-33-67(75)59-44-61(77(4,5)6)47-62(45-59)78(7,8)9)58-42-56(53-25-15-11-16-26-53)41-57(43-58)54-27-17-12-18-28-54/h10-50H,1-9H3/i10D,11D,12D,13D,14D,15D,16D,17D,18D,23D,24D,25D,26D,27D,28D,41D,42D,43D. The highest BCUT2D eigenvalue weighted by Crippen LogP contribution is 2.43. The van der Waals surface area contributed by atoms with E-state index in [2.05, 4.69) is 97.5 Å². The summed E-state index contributed by atoms with van der Waals surface area (Å²) >= 11 is 0. The molecule has 10 aromatic carbocycles. The second-order valence-electron chi connectivity index (χ2n) is 23.8. The molecule has 83 heavy (non-hydrogen) atoms. The normalized spacial score (nSPS) is 15.2. The minimum atomic E-state index is -0.811. The van der Waals surface area contributed by atoms with Gasteiger partial charge in [-0.15, -0.1) is 0 Å². The zero-order chi connectivity index (χ0) is 72.9. The van der Waals surface area contributed by atoms with Crippen LogP contribution in [0.2, 0.25) is 0 Å². The number of fused-ring (bicyclic) bond motifs is 4. The van der Waals surface area contributed by atoms with Gasteiger partial charge in [-0.05, 0) is 161 Å². The molecule has 5 nitrogen and oxygen atoms in total. The number of rotatable bonds is 10. The average Bonchev–Trinajstić information content (AvgIpc) is 1.52. The molecule has 0 spiro atoms. The molecule has 0 saturated carbocycles. The Morgan fingerprint density at radius 3 is 1.64 bits per heavy atom. The van der Waals surface area contributed by atoms with Gasteiger partial charge in [0.15, 0.2) is 0 Å². The van der Waals surface area contributed by atoms with Gasteiger partial charge in [-0.1, -0.05) is 226 Å².